The lowest BCUT2D eigenvalue weighted by atomic mass is 9.96. The molecular formula is C18H22NO2+. The van der Waals surface area contributed by atoms with E-state index in [0.717, 1.165) is 30.5 Å². The van der Waals surface area contributed by atoms with E-state index >= 15 is 0 Å². The van der Waals surface area contributed by atoms with Crippen LogP contribution in [-0.4, -0.2) is 30.3 Å². The average molecular weight is 284 g/mol. The molecule has 3 nitrogen and oxygen atoms in total. The first-order valence-corrected chi connectivity index (χ1v) is 7.36. The molecule has 3 rings (SSSR count). The molecule has 0 amide bonds. The van der Waals surface area contributed by atoms with Crippen LogP contribution in [0.4, 0.5) is 0 Å². The third-order valence-corrected chi connectivity index (χ3v) is 4.38. The lowest BCUT2D eigenvalue weighted by molar-refractivity contribution is -0.937. The van der Waals surface area contributed by atoms with Gasteiger partial charge in [0.15, 0.2) is 11.5 Å². The van der Waals surface area contributed by atoms with Gasteiger partial charge in [-0.2, -0.15) is 0 Å². The van der Waals surface area contributed by atoms with Gasteiger partial charge in [-0.15, -0.1) is 0 Å². The van der Waals surface area contributed by atoms with Crippen LogP contribution >= 0.6 is 0 Å². The number of rotatable bonds is 3. The molecule has 3 heteroatoms. The van der Waals surface area contributed by atoms with Gasteiger partial charge in [0, 0.05) is 17.5 Å². The van der Waals surface area contributed by atoms with E-state index in [1.807, 2.05) is 12.1 Å². The van der Waals surface area contributed by atoms with Crippen LogP contribution < -0.4 is 4.74 Å². The number of methoxy groups -OCH3 is 1. The number of phenols is 1. The molecule has 0 saturated heterocycles. The minimum Gasteiger partial charge on any atom is -0.504 e. The number of phenolic OH excluding ortho intramolecular Hbond substituents is 1. The number of nitrogens with zero attached hydrogens (tertiary/aromatic N) is 1. The van der Waals surface area contributed by atoms with Gasteiger partial charge in [-0.3, -0.25) is 0 Å². The van der Waals surface area contributed by atoms with Gasteiger partial charge < -0.3 is 14.3 Å². The minimum atomic E-state index is 0.240. The third kappa shape index (κ3) is 2.88. The summed E-state index contributed by atoms with van der Waals surface area (Å²) in [6.07, 6.45) is 1.02. The fraction of sp³-hybridized carbons (Fsp3) is 0.333. The molecule has 2 aromatic carbocycles. The number of quaternary nitrogens is 1. The molecule has 0 unspecified atom stereocenters. The number of likely N-dealkylation sites (N-methyl/N-ethyl adjacent to an activating group) is 1. The standard InChI is InChI=1S/C18H21NO2/c1-19(12-14-6-4-3-5-7-14)9-8-15-11-18(21-2)17(20)10-16(15)13-19/h3-7,10-11H,8-9,12-13H2,1-2H3/p+1/t19-/m0/s1. The van der Waals surface area contributed by atoms with E-state index in [2.05, 4.69) is 37.4 Å². The van der Waals surface area contributed by atoms with Gasteiger partial charge in [0.2, 0.25) is 0 Å². The maximum Gasteiger partial charge on any atom is 0.160 e. The van der Waals surface area contributed by atoms with Crippen molar-refractivity contribution in [2.24, 2.45) is 0 Å². The van der Waals surface area contributed by atoms with Crippen LogP contribution in [0.15, 0.2) is 42.5 Å². The van der Waals surface area contributed by atoms with Crippen LogP contribution in [0.5, 0.6) is 11.5 Å². The zero-order valence-corrected chi connectivity index (χ0v) is 12.7. The summed E-state index contributed by atoms with van der Waals surface area (Å²) in [4.78, 5) is 0. The first-order chi connectivity index (χ1) is 10.1. The molecule has 21 heavy (non-hydrogen) atoms. The van der Waals surface area contributed by atoms with E-state index in [1.54, 1.807) is 7.11 Å². The molecule has 2 aromatic rings. The topological polar surface area (TPSA) is 29.5 Å². The Morgan fingerprint density at radius 3 is 2.62 bits per heavy atom. The highest BCUT2D eigenvalue weighted by molar-refractivity contribution is 5.46. The van der Waals surface area contributed by atoms with Crippen molar-refractivity contribution in [3.05, 3.63) is 59.2 Å². The van der Waals surface area contributed by atoms with Crippen molar-refractivity contribution in [2.45, 2.75) is 19.5 Å². The van der Waals surface area contributed by atoms with Crippen LogP contribution in [0.25, 0.3) is 0 Å². The summed E-state index contributed by atoms with van der Waals surface area (Å²) in [6, 6.07) is 14.5. The highest BCUT2D eigenvalue weighted by atomic mass is 16.5. The fourth-order valence-electron chi connectivity index (χ4n) is 3.24. The second-order valence-electron chi connectivity index (χ2n) is 6.19. The number of fused-ring (bicyclic) bond motifs is 1. The van der Waals surface area contributed by atoms with Crippen molar-refractivity contribution >= 4 is 0 Å². The molecule has 0 aromatic heterocycles. The van der Waals surface area contributed by atoms with Gasteiger partial charge in [-0.05, 0) is 17.7 Å². The van der Waals surface area contributed by atoms with E-state index in [1.165, 1.54) is 16.7 Å². The second kappa shape index (κ2) is 5.41. The van der Waals surface area contributed by atoms with E-state index in [9.17, 15) is 5.11 Å². The monoisotopic (exact) mass is 284 g/mol. The first kappa shape index (κ1) is 14.0. The predicted octanol–water partition coefficient (Wildman–Crippen LogP) is 3.10. The average Bonchev–Trinajstić information content (AvgIpc) is 2.47. The summed E-state index contributed by atoms with van der Waals surface area (Å²) in [5.41, 5.74) is 3.90. The molecule has 0 fully saturated rings. The van der Waals surface area contributed by atoms with Crippen LogP contribution in [-0.2, 0) is 19.5 Å². The normalized spacial score (nSPS) is 20.9. The van der Waals surface area contributed by atoms with Gasteiger partial charge in [-0.1, -0.05) is 30.3 Å². The Balaban J connectivity index is 1.85. The van der Waals surface area contributed by atoms with Gasteiger partial charge in [0.1, 0.15) is 13.1 Å². The largest absolute Gasteiger partial charge is 0.504 e. The van der Waals surface area contributed by atoms with E-state index in [0.29, 0.717) is 5.75 Å². The fourth-order valence-corrected chi connectivity index (χ4v) is 3.24. The summed E-state index contributed by atoms with van der Waals surface area (Å²) < 4.78 is 6.18. The highest BCUT2D eigenvalue weighted by Gasteiger charge is 2.29. The Kier molecular flexibility index (Phi) is 3.60. The quantitative estimate of drug-likeness (QED) is 0.878. The molecule has 1 aliphatic rings. The van der Waals surface area contributed by atoms with Crippen molar-refractivity contribution in [1.29, 1.82) is 0 Å². The lowest BCUT2D eigenvalue weighted by Crippen LogP contribution is -2.46. The molecule has 0 radical (unpaired) electrons. The van der Waals surface area contributed by atoms with Crippen molar-refractivity contribution in [1.82, 2.24) is 0 Å². The summed E-state index contributed by atoms with van der Waals surface area (Å²) >= 11 is 0. The SMILES string of the molecule is COc1cc2c(cc1O)C[N@+](C)(Cc1ccccc1)CC2. The summed E-state index contributed by atoms with van der Waals surface area (Å²) in [7, 11) is 3.89. The molecular weight excluding hydrogens is 262 g/mol. The number of ether oxygens (including phenoxy) is 1. The number of hydrogen-bond donors (Lipinski definition) is 1. The number of aromatic hydroxyl groups is 1. The van der Waals surface area contributed by atoms with Gasteiger partial charge >= 0.3 is 0 Å². The Hall–Kier alpha value is -2.00. The zero-order chi connectivity index (χ0) is 14.9. The van der Waals surface area contributed by atoms with Crippen LogP contribution in [0.2, 0.25) is 0 Å². The van der Waals surface area contributed by atoms with Crippen molar-refractivity contribution in [3.8, 4) is 11.5 Å². The molecule has 1 aliphatic heterocycles. The number of benzene rings is 2. The van der Waals surface area contributed by atoms with Crippen molar-refractivity contribution < 1.29 is 14.3 Å². The first-order valence-electron chi connectivity index (χ1n) is 7.36. The molecule has 1 heterocycles. The molecule has 1 N–H and O–H groups in total. The van der Waals surface area contributed by atoms with E-state index in [4.69, 9.17) is 4.74 Å². The summed E-state index contributed by atoms with van der Waals surface area (Å²) in [6.45, 7) is 3.07. The zero-order valence-electron chi connectivity index (χ0n) is 12.7. The Morgan fingerprint density at radius 1 is 1.14 bits per heavy atom. The lowest BCUT2D eigenvalue weighted by Gasteiger charge is -2.39. The Bertz CT molecular complexity index is 639. The van der Waals surface area contributed by atoms with Crippen LogP contribution in [0, 0.1) is 0 Å². The smallest absolute Gasteiger partial charge is 0.160 e. The van der Waals surface area contributed by atoms with Crippen molar-refractivity contribution in [2.75, 3.05) is 20.7 Å². The maximum atomic E-state index is 9.99. The van der Waals surface area contributed by atoms with Crippen LogP contribution in [0.3, 0.4) is 0 Å². The second-order valence-corrected chi connectivity index (χ2v) is 6.19. The van der Waals surface area contributed by atoms with Crippen LogP contribution in [0.1, 0.15) is 16.7 Å². The predicted molar refractivity (Wildman–Crippen MR) is 83.3 cm³/mol. The molecule has 110 valence electrons. The molecule has 0 bridgehead atoms. The molecule has 0 spiro atoms. The number of hydrogen-bond acceptors (Lipinski definition) is 2. The summed E-state index contributed by atoms with van der Waals surface area (Å²) in [5.74, 6) is 0.817. The van der Waals surface area contributed by atoms with Gasteiger partial charge in [0.25, 0.3) is 0 Å². The molecule has 1 atom stereocenters. The van der Waals surface area contributed by atoms with Gasteiger partial charge in [0.05, 0.1) is 20.7 Å². The Labute approximate surface area is 126 Å². The highest BCUT2D eigenvalue weighted by Crippen LogP contribution is 2.34. The minimum absolute atomic E-state index is 0.240. The molecule has 0 aliphatic carbocycles. The summed E-state index contributed by atoms with van der Waals surface area (Å²) in [5, 5.41) is 9.99. The van der Waals surface area contributed by atoms with E-state index in [-0.39, 0.29) is 5.75 Å². The maximum absolute atomic E-state index is 9.99. The Morgan fingerprint density at radius 2 is 1.90 bits per heavy atom. The van der Waals surface area contributed by atoms with Crippen molar-refractivity contribution in [3.63, 3.8) is 0 Å². The third-order valence-electron chi connectivity index (χ3n) is 4.38. The van der Waals surface area contributed by atoms with Gasteiger partial charge in [-0.25, -0.2) is 0 Å². The van der Waals surface area contributed by atoms with E-state index < -0.39 is 0 Å². The molecule has 0 saturated carbocycles.